The Hall–Kier alpha value is -0.120. The summed E-state index contributed by atoms with van der Waals surface area (Å²) in [6.07, 6.45) is 6.59. The van der Waals surface area contributed by atoms with Crippen molar-refractivity contribution in [1.82, 2.24) is 10.2 Å². The number of nitrogens with zero attached hydrogens (tertiary/aromatic N) is 1. The molecule has 0 aromatic carbocycles. The number of hydrogen-bond acceptors (Lipinski definition) is 3. The van der Waals surface area contributed by atoms with Gasteiger partial charge in [0.05, 0.1) is 0 Å². The Morgan fingerprint density at radius 1 is 1.22 bits per heavy atom. The minimum atomic E-state index is 0.708. The van der Waals surface area contributed by atoms with E-state index in [1.807, 2.05) is 0 Å². The van der Waals surface area contributed by atoms with Crippen molar-refractivity contribution in [2.24, 2.45) is 5.92 Å². The quantitative estimate of drug-likeness (QED) is 0.814. The van der Waals surface area contributed by atoms with E-state index >= 15 is 0 Å². The monoisotopic (exact) mass is 254 g/mol. The van der Waals surface area contributed by atoms with Gasteiger partial charge in [0.1, 0.15) is 0 Å². The lowest BCUT2D eigenvalue weighted by molar-refractivity contribution is 0.183. The second kappa shape index (κ2) is 7.46. The molecular formula is C15H30N2O. The summed E-state index contributed by atoms with van der Waals surface area (Å²) in [5, 5.41) is 3.77. The lowest BCUT2D eigenvalue weighted by atomic mass is 10.0. The van der Waals surface area contributed by atoms with Crippen LogP contribution in [0.25, 0.3) is 0 Å². The molecule has 2 atom stereocenters. The lowest BCUT2D eigenvalue weighted by Gasteiger charge is -2.24. The van der Waals surface area contributed by atoms with E-state index in [0.29, 0.717) is 6.04 Å². The van der Waals surface area contributed by atoms with Crippen molar-refractivity contribution in [2.75, 3.05) is 32.8 Å². The number of rotatable bonds is 5. The zero-order chi connectivity index (χ0) is 12.8. The Morgan fingerprint density at radius 3 is 2.83 bits per heavy atom. The molecule has 0 aromatic heterocycles. The van der Waals surface area contributed by atoms with Crippen molar-refractivity contribution in [3.63, 3.8) is 0 Å². The Balaban J connectivity index is 1.61. The first-order valence-corrected chi connectivity index (χ1v) is 7.81. The fourth-order valence-electron chi connectivity index (χ4n) is 3.14. The van der Waals surface area contributed by atoms with Crippen LogP contribution in [-0.4, -0.2) is 49.8 Å². The third-order valence-electron chi connectivity index (χ3n) is 4.50. The van der Waals surface area contributed by atoms with Gasteiger partial charge >= 0.3 is 0 Å². The van der Waals surface area contributed by atoms with E-state index in [2.05, 4.69) is 24.1 Å². The maximum absolute atomic E-state index is 5.43. The van der Waals surface area contributed by atoms with E-state index in [4.69, 9.17) is 4.74 Å². The Bertz CT molecular complexity index is 227. The summed E-state index contributed by atoms with van der Waals surface area (Å²) < 4.78 is 5.43. The smallest absolute Gasteiger partial charge is 0.0495 e. The van der Waals surface area contributed by atoms with Gasteiger partial charge in [-0.25, -0.2) is 0 Å². The number of likely N-dealkylation sites (tertiary alicyclic amines) is 1. The zero-order valence-corrected chi connectivity index (χ0v) is 12.2. The highest BCUT2D eigenvalue weighted by molar-refractivity contribution is 4.77. The fraction of sp³-hybridized carbons (Fsp3) is 1.00. The van der Waals surface area contributed by atoms with Gasteiger partial charge in [-0.3, -0.25) is 0 Å². The fourth-order valence-corrected chi connectivity index (χ4v) is 3.14. The molecule has 0 spiro atoms. The van der Waals surface area contributed by atoms with Crippen molar-refractivity contribution < 1.29 is 4.74 Å². The van der Waals surface area contributed by atoms with Crippen LogP contribution in [0.4, 0.5) is 0 Å². The number of nitrogens with one attached hydrogen (secondary N) is 1. The molecule has 3 nitrogen and oxygen atoms in total. The summed E-state index contributed by atoms with van der Waals surface area (Å²) in [5.41, 5.74) is 0. The van der Waals surface area contributed by atoms with E-state index in [9.17, 15) is 0 Å². The predicted molar refractivity (Wildman–Crippen MR) is 75.9 cm³/mol. The highest BCUT2D eigenvalue weighted by atomic mass is 16.5. The van der Waals surface area contributed by atoms with Crippen molar-refractivity contribution in [3.05, 3.63) is 0 Å². The molecule has 2 fully saturated rings. The molecule has 2 heterocycles. The molecule has 0 saturated carbocycles. The average molecular weight is 254 g/mol. The van der Waals surface area contributed by atoms with Crippen molar-refractivity contribution >= 4 is 0 Å². The molecule has 2 aliphatic heterocycles. The predicted octanol–water partition coefficient (Wildman–Crippen LogP) is 2.27. The van der Waals surface area contributed by atoms with Crippen LogP contribution in [0.3, 0.4) is 0 Å². The first-order valence-electron chi connectivity index (χ1n) is 7.81. The Kier molecular flexibility index (Phi) is 5.93. The van der Waals surface area contributed by atoms with E-state index in [0.717, 1.165) is 25.2 Å². The summed E-state index contributed by atoms with van der Waals surface area (Å²) in [4.78, 5) is 2.62. The molecule has 0 aliphatic carbocycles. The van der Waals surface area contributed by atoms with E-state index in [1.165, 1.54) is 51.7 Å². The van der Waals surface area contributed by atoms with Gasteiger partial charge < -0.3 is 15.0 Å². The summed E-state index contributed by atoms with van der Waals surface area (Å²) in [6, 6.07) is 1.45. The van der Waals surface area contributed by atoms with Crippen LogP contribution in [0.5, 0.6) is 0 Å². The molecule has 18 heavy (non-hydrogen) atoms. The molecule has 2 aliphatic rings. The highest BCUT2D eigenvalue weighted by Crippen LogP contribution is 2.17. The molecule has 3 heteroatoms. The SMILES string of the molecule is CC(C)N1CCCC(NCCC2CCOC2)CC1. The van der Waals surface area contributed by atoms with Crippen LogP contribution >= 0.6 is 0 Å². The van der Waals surface area contributed by atoms with Gasteiger partial charge in [-0.15, -0.1) is 0 Å². The standard InChI is InChI=1S/C15H30N2O/c1-13(2)17-9-3-4-15(6-10-17)16-8-5-14-7-11-18-12-14/h13-16H,3-12H2,1-2H3. The first kappa shape index (κ1) is 14.3. The molecule has 1 N–H and O–H groups in total. The van der Waals surface area contributed by atoms with Gasteiger partial charge in [-0.2, -0.15) is 0 Å². The molecule has 2 saturated heterocycles. The van der Waals surface area contributed by atoms with Gasteiger partial charge in [-0.05, 0) is 71.5 Å². The van der Waals surface area contributed by atoms with Crippen LogP contribution < -0.4 is 5.32 Å². The van der Waals surface area contributed by atoms with Crippen LogP contribution in [0.15, 0.2) is 0 Å². The maximum Gasteiger partial charge on any atom is 0.0495 e. The van der Waals surface area contributed by atoms with Gasteiger partial charge in [0, 0.05) is 25.3 Å². The zero-order valence-electron chi connectivity index (χ0n) is 12.2. The summed E-state index contributed by atoms with van der Waals surface area (Å²) in [5.74, 6) is 0.815. The summed E-state index contributed by atoms with van der Waals surface area (Å²) in [7, 11) is 0. The molecule has 2 rings (SSSR count). The molecule has 2 unspecified atom stereocenters. The Morgan fingerprint density at radius 2 is 2.11 bits per heavy atom. The molecular weight excluding hydrogens is 224 g/mol. The summed E-state index contributed by atoms with van der Waals surface area (Å²) >= 11 is 0. The van der Waals surface area contributed by atoms with E-state index in [-0.39, 0.29) is 0 Å². The van der Waals surface area contributed by atoms with Crippen molar-refractivity contribution in [3.8, 4) is 0 Å². The number of hydrogen-bond donors (Lipinski definition) is 1. The first-order chi connectivity index (χ1) is 8.75. The van der Waals surface area contributed by atoms with Crippen molar-refractivity contribution in [2.45, 2.75) is 58.0 Å². The molecule has 0 amide bonds. The second-order valence-corrected chi connectivity index (χ2v) is 6.23. The van der Waals surface area contributed by atoms with Crippen LogP contribution in [0.1, 0.15) is 46.0 Å². The lowest BCUT2D eigenvalue weighted by Crippen LogP contribution is -2.34. The van der Waals surface area contributed by atoms with Crippen LogP contribution in [-0.2, 0) is 4.74 Å². The maximum atomic E-state index is 5.43. The number of ether oxygens (including phenoxy) is 1. The van der Waals surface area contributed by atoms with E-state index in [1.54, 1.807) is 0 Å². The second-order valence-electron chi connectivity index (χ2n) is 6.23. The molecule has 0 radical (unpaired) electrons. The van der Waals surface area contributed by atoms with Gasteiger partial charge in [0.15, 0.2) is 0 Å². The largest absolute Gasteiger partial charge is 0.381 e. The van der Waals surface area contributed by atoms with Crippen LogP contribution in [0.2, 0.25) is 0 Å². The average Bonchev–Trinajstić information content (AvgIpc) is 2.73. The summed E-state index contributed by atoms with van der Waals surface area (Å²) in [6.45, 7) is 10.3. The Labute approximate surface area is 112 Å². The third-order valence-corrected chi connectivity index (χ3v) is 4.50. The highest BCUT2D eigenvalue weighted by Gasteiger charge is 2.19. The third kappa shape index (κ3) is 4.52. The van der Waals surface area contributed by atoms with E-state index < -0.39 is 0 Å². The van der Waals surface area contributed by atoms with Gasteiger partial charge in [0.2, 0.25) is 0 Å². The molecule has 106 valence electrons. The van der Waals surface area contributed by atoms with Crippen LogP contribution in [0, 0.1) is 5.92 Å². The minimum absolute atomic E-state index is 0.708. The molecule has 0 bridgehead atoms. The normalized spacial score (nSPS) is 30.8. The van der Waals surface area contributed by atoms with Crippen molar-refractivity contribution in [1.29, 1.82) is 0 Å². The topological polar surface area (TPSA) is 24.5 Å². The minimum Gasteiger partial charge on any atom is -0.381 e. The van der Waals surface area contributed by atoms with Gasteiger partial charge in [0.25, 0.3) is 0 Å². The van der Waals surface area contributed by atoms with Gasteiger partial charge in [-0.1, -0.05) is 0 Å². The molecule has 0 aromatic rings.